The summed E-state index contributed by atoms with van der Waals surface area (Å²) in [4.78, 5) is 5.34. The molecule has 0 amide bonds. The van der Waals surface area contributed by atoms with Gasteiger partial charge in [0.05, 0.1) is 0 Å². The maximum Gasteiger partial charge on any atom is 0.386 e. The van der Waals surface area contributed by atoms with Crippen LogP contribution in [0.3, 0.4) is 0 Å². The minimum atomic E-state index is -1.89. The SMILES string of the molecule is CC(C)c1cccc(C(C)C)c1N1C=CN(c2c(C(C)C)cccc2C(C)C)B1[Si]N(c1c(C(C)C)cccc1C(C)C)[Si](C)(C)C. The summed E-state index contributed by atoms with van der Waals surface area (Å²) >= 11 is 0. The van der Waals surface area contributed by atoms with E-state index in [1.807, 2.05) is 0 Å². The quantitative estimate of drug-likeness (QED) is 0.179. The van der Waals surface area contributed by atoms with Crippen molar-refractivity contribution in [2.24, 2.45) is 0 Å². The summed E-state index contributed by atoms with van der Waals surface area (Å²) in [6, 6.07) is 21.1. The lowest BCUT2D eigenvalue weighted by Gasteiger charge is -2.44. The lowest BCUT2D eigenvalue weighted by molar-refractivity contribution is 0.831. The second-order valence-corrected chi connectivity index (χ2v) is 22.9. The van der Waals surface area contributed by atoms with Gasteiger partial charge in [-0.25, -0.2) is 0 Å². The molecule has 0 fully saturated rings. The monoisotopic (exact) mass is 663 g/mol. The maximum absolute atomic E-state index is 2.91. The van der Waals surface area contributed by atoms with Crippen LogP contribution in [-0.2, 0) is 0 Å². The van der Waals surface area contributed by atoms with Crippen LogP contribution >= 0.6 is 0 Å². The molecule has 3 nitrogen and oxygen atoms in total. The molecule has 0 N–H and O–H groups in total. The first-order chi connectivity index (χ1) is 22.0. The van der Waals surface area contributed by atoms with Gasteiger partial charge in [0.25, 0.3) is 0 Å². The van der Waals surface area contributed by atoms with Gasteiger partial charge >= 0.3 is 6.57 Å². The molecule has 2 radical (unpaired) electrons. The van der Waals surface area contributed by atoms with Gasteiger partial charge in [-0.15, -0.1) is 0 Å². The molecular formula is C41H62BN3Si2. The van der Waals surface area contributed by atoms with Gasteiger partial charge in [0, 0.05) is 29.5 Å². The second-order valence-electron chi connectivity index (χ2n) is 16.4. The number of anilines is 3. The molecule has 4 rings (SSSR count). The normalized spacial score (nSPS) is 14.0. The number of hydrogen-bond acceptors (Lipinski definition) is 3. The molecule has 0 aromatic heterocycles. The molecule has 0 aliphatic carbocycles. The van der Waals surface area contributed by atoms with Crippen molar-refractivity contribution in [3.8, 4) is 0 Å². The van der Waals surface area contributed by atoms with Crippen molar-refractivity contribution in [1.29, 1.82) is 0 Å². The smallest absolute Gasteiger partial charge is 0.386 e. The van der Waals surface area contributed by atoms with Crippen LogP contribution in [0.2, 0.25) is 19.6 Å². The average molecular weight is 664 g/mol. The van der Waals surface area contributed by atoms with E-state index in [9.17, 15) is 0 Å². The van der Waals surface area contributed by atoms with Gasteiger partial charge in [-0.3, -0.25) is 0 Å². The molecule has 3 aromatic carbocycles. The van der Waals surface area contributed by atoms with E-state index in [0.29, 0.717) is 45.1 Å². The first-order valence-electron chi connectivity index (χ1n) is 18.2. The summed E-state index contributed by atoms with van der Waals surface area (Å²) in [5.74, 6) is 2.59. The van der Waals surface area contributed by atoms with Crippen molar-refractivity contribution in [3.63, 3.8) is 0 Å². The van der Waals surface area contributed by atoms with Crippen molar-refractivity contribution < 1.29 is 0 Å². The summed E-state index contributed by atoms with van der Waals surface area (Å²) in [6.45, 7) is 36.0. The summed E-state index contributed by atoms with van der Waals surface area (Å²) < 4.78 is 2.91. The molecule has 1 heterocycles. The molecule has 1 aliphatic heterocycles. The number of hydrogen-bond donors (Lipinski definition) is 0. The highest BCUT2D eigenvalue weighted by molar-refractivity contribution is 7.21. The molecule has 1 aliphatic rings. The minimum Gasteiger partial charge on any atom is -0.428 e. The van der Waals surface area contributed by atoms with E-state index in [1.54, 1.807) is 0 Å². The Bertz CT molecular complexity index is 1400. The van der Waals surface area contributed by atoms with E-state index in [2.05, 4.69) is 184 Å². The summed E-state index contributed by atoms with van der Waals surface area (Å²) in [5, 5.41) is 0. The Morgan fingerprint density at radius 3 is 1.02 bits per heavy atom. The zero-order chi connectivity index (χ0) is 35.0. The Labute approximate surface area is 292 Å². The van der Waals surface area contributed by atoms with Crippen molar-refractivity contribution in [1.82, 2.24) is 0 Å². The van der Waals surface area contributed by atoms with Crippen LogP contribution in [0.1, 0.15) is 152 Å². The number of para-hydroxylation sites is 3. The predicted molar refractivity (Wildman–Crippen MR) is 215 cm³/mol. The first kappa shape index (κ1) is 37.1. The van der Waals surface area contributed by atoms with Gasteiger partial charge in [-0.1, -0.05) is 157 Å². The maximum atomic E-state index is 2.91. The third-order valence-electron chi connectivity index (χ3n) is 9.60. The van der Waals surface area contributed by atoms with E-state index in [0.717, 1.165) is 0 Å². The Morgan fingerprint density at radius 1 is 0.489 bits per heavy atom. The Hall–Kier alpha value is -2.70. The fourth-order valence-electron chi connectivity index (χ4n) is 7.06. The van der Waals surface area contributed by atoms with Gasteiger partial charge in [-0.05, 0) is 68.9 Å². The van der Waals surface area contributed by atoms with Crippen LogP contribution in [0.15, 0.2) is 67.0 Å². The van der Waals surface area contributed by atoms with E-state index in [-0.39, 0.29) is 6.57 Å². The molecule has 0 bridgehead atoms. The van der Waals surface area contributed by atoms with Crippen LogP contribution in [0.4, 0.5) is 17.1 Å². The molecule has 0 saturated carbocycles. The molecule has 0 spiro atoms. The van der Waals surface area contributed by atoms with Crippen LogP contribution < -0.4 is 13.9 Å². The largest absolute Gasteiger partial charge is 0.428 e. The Kier molecular flexibility index (Phi) is 11.7. The molecule has 0 atom stereocenters. The molecule has 3 aromatic rings. The standard InChI is InChI=1S/C41H62BN3Si2/c1-27(2)33-19-16-20-34(28(3)4)39(33)43-25-26-44(40-35(29(5)6)21-17-22-36(40)30(7)8)42(43)46-45(47(13,14)15)41-37(31(9)10)23-18-24-38(41)32(11)12/h16-32H,1-15H3. The number of nitrogens with zero attached hydrogens (tertiary/aromatic N) is 3. The van der Waals surface area contributed by atoms with Crippen molar-refractivity contribution >= 4 is 41.4 Å². The summed E-state index contributed by atoms with van der Waals surface area (Å²) in [6.07, 6.45) is 4.82. The topological polar surface area (TPSA) is 9.72 Å². The lowest BCUT2D eigenvalue weighted by Crippen LogP contribution is -2.62. The van der Waals surface area contributed by atoms with Crippen LogP contribution in [0.25, 0.3) is 0 Å². The Balaban J connectivity index is 2.07. The third kappa shape index (κ3) is 7.64. The lowest BCUT2D eigenvalue weighted by atomic mass is 9.87. The second kappa shape index (κ2) is 14.8. The van der Waals surface area contributed by atoms with Crippen LogP contribution in [0.5, 0.6) is 0 Å². The van der Waals surface area contributed by atoms with Crippen molar-refractivity contribution in [2.45, 2.75) is 138 Å². The average Bonchev–Trinajstić information content (AvgIpc) is 3.40. The fraction of sp³-hybridized carbons (Fsp3) is 0.512. The van der Waals surface area contributed by atoms with E-state index in [1.165, 1.54) is 50.4 Å². The number of benzene rings is 3. The zero-order valence-electron chi connectivity index (χ0n) is 32.2. The van der Waals surface area contributed by atoms with Crippen LogP contribution in [-0.4, -0.2) is 24.4 Å². The van der Waals surface area contributed by atoms with Crippen molar-refractivity contribution in [3.05, 3.63) is 100 Å². The fourth-order valence-corrected chi connectivity index (χ4v) is 11.2. The predicted octanol–water partition coefficient (Wildman–Crippen LogP) is 12.2. The highest BCUT2D eigenvalue weighted by atomic mass is 28.4. The molecule has 0 unspecified atom stereocenters. The Morgan fingerprint density at radius 2 is 0.766 bits per heavy atom. The van der Waals surface area contributed by atoms with E-state index >= 15 is 0 Å². The summed E-state index contributed by atoms with van der Waals surface area (Å²) in [5.41, 5.74) is 13.0. The first-order valence-corrected chi connectivity index (χ1v) is 22.6. The zero-order valence-corrected chi connectivity index (χ0v) is 34.2. The summed E-state index contributed by atoms with van der Waals surface area (Å²) in [7, 11) is -1.35. The van der Waals surface area contributed by atoms with Gasteiger partial charge in [0.1, 0.15) is 8.24 Å². The van der Waals surface area contributed by atoms with Gasteiger partial charge in [-0.2, -0.15) is 0 Å². The number of rotatable bonds is 12. The third-order valence-corrected chi connectivity index (χ3v) is 14.8. The van der Waals surface area contributed by atoms with Crippen LogP contribution in [0, 0.1) is 0 Å². The molecule has 47 heavy (non-hydrogen) atoms. The highest BCUT2D eigenvalue weighted by Crippen LogP contribution is 2.44. The van der Waals surface area contributed by atoms with E-state index < -0.39 is 8.24 Å². The molecular weight excluding hydrogens is 601 g/mol. The molecule has 0 saturated heterocycles. The van der Waals surface area contributed by atoms with Gasteiger partial charge in [0.2, 0.25) is 0 Å². The van der Waals surface area contributed by atoms with Crippen molar-refractivity contribution in [2.75, 3.05) is 13.9 Å². The molecule has 6 heteroatoms. The van der Waals surface area contributed by atoms with E-state index in [4.69, 9.17) is 0 Å². The van der Waals surface area contributed by atoms with Gasteiger partial charge in [0.15, 0.2) is 9.55 Å². The van der Waals surface area contributed by atoms with Gasteiger partial charge < -0.3 is 13.9 Å². The molecule has 252 valence electrons. The minimum absolute atomic E-state index is 0.122. The highest BCUT2D eigenvalue weighted by Gasteiger charge is 2.44.